The first kappa shape index (κ1) is 21.6. The van der Waals surface area contributed by atoms with Crippen molar-refractivity contribution in [3.05, 3.63) is 22.7 Å². The van der Waals surface area contributed by atoms with Crippen molar-refractivity contribution in [2.24, 2.45) is 0 Å². The number of halogens is 1. The smallest absolute Gasteiger partial charge is 0.338 e. The summed E-state index contributed by atoms with van der Waals surface area (Å²) in [6, 6.07) is 2.81. The minimum Gasteiger partial charge on any atom is -0.493 e. The Morgan fingerprint density at radius 1 is 1.19 bits per heavy atom. The van der Waals surface area contributed by atoms with Gasteiger partial charge in [-0.3, -0.25) is 9.59 Å². The maximum atomic E-state index is 12.1. The van der Waals surface area contributed by atoms with Gasteiger partial charge in [-0.05, 0) is 18.6 Å². The zero-order valence-electron chi connectivity index (χ0n) is 15.0. The maximum Gasteiger partial charge on any atom is 0.338 e. The second-order valence-corrected chi connectivity index (χ2v) is 5.62. The van der Waals surface area contributed by atoms with Crippen molar-refractivity contribution in [2.75, 3.05) is 33.9 Å². The molecule has 0 bridgehead atoms. The quantitative estimate of drug-likeness (QED) is 0.467. The number of likely N-dealkylation sites (N-methyl/N-ethyl adjacent to an activating group) is 1. The number of benzene rings is 1. The van der Waals surface area contributed by atoms with E-state index < -0.39 is 18.5 Å². The highest BCUT2D eigenvalue weighted by atomic mass is 35.5. The summed E-state index contributed by atoms with van der Waals surface area (Å²) in [5.41, 5.74) is 0.119. The lowest BCUT2D eigenvalue weighted by Gasteiger charge is -2.13. The van der Waals surface area contributed by atoms with E-state index in [1.807, 2.05) is 6.92 Å². The fraction of sp³-hybridized carbons (Fsp3) is 0.471. The molecule has 1 aromatic carbocycles. The Bertz CT molecular complexity index is 650. The first-order valence-corrected chi connectivity index (χ1v) is 8.45. The molecule has 0 heterocycles. The second kappa shape index (κ2) is 11.2. The first-order valence-electron chi connectivity index (χ1n) is 8.07. The van der Waals surface area contributed by atoms with Gasteiger partial charge in [-0.25, -0.2) is 4.79 Å². The van der Waals surface area contributed by atoms with Crippen molar-refractivity contribution in [1.29, 1.82) is 0 Å². The number of hydrogen-bond donors (Lipinski definition) is 2. The van der Waals surface area contributed by atoms with Gasteiger partial charge in [-0.2, -0.15) is 0 Å². The van der Waals surface area contributed by atoms with Gasteiger partial charge >= 0.3 is 5.97 Å². The summed E-state index contributed by atoms with van der Waals surface area (Å²) >= 11 is 6.16. The van der Waals surface area contributed by atoms with Gasteiger partial charge in [-0.1, -0.05) is 24.9 Å². The van der Waals surface area contributed by atoms with Gasteiger partial charge in [0.2, 0.25) is 5.91 Å². The van der Waals surface area contributed by atoms with Crippen LogP contribution in [0.3, 0.4) is 0 Å². The van der Waals surface area contributed by atoms with Crippen molar-refractivity contribution in [3.63, 3.8) is 0 Å². The number of carbonyl (C=O) groups is 3. The Morgan fingerprint density at radius 3 is 2.54 bits per heavy atom. The Balaban J connectivity index is 2.70. The number of rotatable bonds is 10. The summed E-state index contributed by atoms with van der Waals surface area (Å²) in [4.78, 5) is 34.7. The van der Waals surface area contributed by atoms with E-state index in [2.05, 4.69) is 10.6 Å². The average molecular weight is 387 g/mol. The normalized spacial score (nSPS) is 10.0. The molecule has 26 heavy (non-hydrogen) atoms. The molecule has 0 aliphatic carbocycles. The standard InChI is InChI=1S/C17H23ClN2O6/c1-4-5-6-25-16-12(18)7-11(8-13(16)24-3)17(23)26-10-15(22)20-9-14(21)19-2/h7-8H,4-6,9-10H2,1-3H3,(H,19,21)(H,20,22). The van der Waals surface area contributed by atoms with Crippen LogP contribution in [0.25, 0.3) is 0 Å². The van der Waals surface area contributed by atoms with Gasteiger partial charge in [0.1, 0.15) is 0 Å². The lowest BCUT2D eigenvalue weighted by atomic mass is 10.2. The van der Waals surface area contributed by atoms with E-state index in [1.54, 1.807) is 0 Å². The van der Waals surface area contributed by atoms with Crippen molar-refractivity contribution < 1.29 is 28.6 Å². The third-order valence-corrected chi connectivity index (χ3v) is 3.55. The Kier molecular flexibility index (Phi) is 9.29. The summed E-state index contributed by atoms with van der Waals surface area (Å²) < 4.78 is 15.7. The predicted molar refractivity (Wildman–Crippen MR) is 95.8 cm³/mol. The Hall–Kier alpha value is -2.48. The van der Waals surface area contributed by atoms with Crippen LogP contribution in [0.1, 0.15) is 30.1 Å². The second-order valence-electron chi connectivity index (χ2n) is 5.22. The minimum atomic E-state index is -0.750. The van der Waals surface area contributed by atoms with E-state index in [4.69, 9.17) is 25.8 Å². The molecule has 0 unspecified atom stereocenters. The fourth-order valence-corrected chi connectivity index (χ4v) is 2.09. The summed E-state index contributed by atoms with van der Waals surface area (Å²) in [5.74, 6) is -1.06. The number of esters is 1. The molecular weight excluding hydrogens is 364 g/mol. The molecule has 0 aromatic heterocycles. The first-order chi connectivity index (χ1) is 12.4. The van der Waals surface area contributed by atoms with Crippen LogP contribution >= 0.6 is 11.6 Å². The third kappa shape index (κ3) is 6.79. The lowest BCUT2D eigenvalue weighted by molar-refractivity contribution is -0.127. The van der Waals surface area contributed by atoms with Crippen LogP contribution in [-0.4, -0.2) is 51.7 Å². The van der Waals surface area contributed by atoms with Crippen LogP contribution in [0.5, 0.6) is 11.5 Å². The molecule has 0 saturated carbocycles. The SMILES string of the molecule is CCCCOc1c(Cl)cc(C(=O)OCC(=O)NCC(=O)NC)cc1OC. The van der Waals surface area contributed by atoms with Crippen LogP contribution in [0.4, 0.5) is 0 Å². The van der Waals surface area contributed by atoms with Crippen LogP contribution in [-0.2, 0) is 14.3 Å². The van der Waals surface area contributed by atoms with Crippen molar-refractivity contribution in [1.82, 2.24) is 10.6 Å². The molecule has 0 fully saturated rings. The molecule has 2 amide bonds. The molecule has 0 aliphatic rings. The van der Waals surface area contributed by atoms with Gasteiger partial charge in [0.15, 0.2) is 18.1 Å². The largest absolute Gasteiger partial charge is 0.493 e. The van der Waals surface area contributed by atoms with E-state index in [0.29, 0.717) is 18.1 Å². The third-order valence-electron chi connectivity index (χ3n) is 3.27. The minimum absolute atomic E-state index is 0.119. The van der Waals surface area contributed by atoms with Crippen molar-refractivity contribution in [2.45, 2.75) is 19.8 Å². The van der Waals surface area contributed by atoms with E-state index in [1.165, 1.54) is 26.3 Å². The molecular formula is C17H23ClN2O6. The van der Waals surface area contributed by atoms with E-state index in [9.17, 15) is 14.4 Å². The van der Waals surface area contributed by atoms with Crippen LogP contribution in [0.15, 0.2) is 12.1 Å². The molecule has 9 heteroatoms. The molecule has 0 atom stereocenters. The molecule has 2 N–H and O–H groups in total. The number of carbonyl (C=O) groups excluding carboxylic acids is 3. The topological polar surface area (TPSA) is 103 Å². The van der Waals surface area contributed by atoms with Crippen LogP contribution in [0, 0.1) is 0 Å². The van der Waals surface area contributed by atoms with Gasteiger partial charge in [0.25, 0.3) is 5.91 Å². The highest BCUT2D eigenvalue weighted by Gasteiger charge is 2.18. The zero-order valence-corrected chi connectivity index (χ0v) is 15.8. The highest BCUT2D eigenvalue weighted by molar-refractivity contribution is 6.32. The number of amides is 2. The lowest BCUT2D eigenvalue weighted by Crippen LogP contribution is -2.37. The summed E-state index contributed by atoms with van der Waals surface area (Å²) in [6.07, 6.45) is 1.82. The molecule has 0 radical (unpaired) electrons. The zero-order chi connectivity index (χ0) is 19.5. The van der Waals surface area contributed by atoms with E-state index >= 15 is 0 Å². The van der Waals surface area contributed by atoms with Crippen LogP contribution < -0.4 is 20.1 Å². The van der Waals surface area contributed by atoms with E-state index in [0.717, 1.165) is 12.8 Å². The van der Waals surface area contributed by atoms with Gasteiger partial charge in [0, 0.05) is 7.05 Å². The average Bonchev–Trinajstić information content (AvgIpc) is 2.64. The highest BCUT2D eigenvalue weighted by Crippen LogP contribution is 2.36. The molecule has 1 aromatic rings. The number of hydrogen-bond acceptors (Lipinski definition) is 6. The maximum absolute atomic E-state index is 12.1. The molecule has 8 nitrogen and oxygen atoms in total. The number of ether oxygens (including phenoxy) is 3. The van der Waals surface area contributed by atoms with Crippen molar-refractivity contribution >= 4 is 29.4 Å². The van der Waals surface area contributed by atoms with Gasteiger partial charge in [0.05, 0.1) is 30.8 Å². The monoisotopic (exact) mass is 386 g/mol. The molecule has 0 aliphatic heterocycles. The predicted octanol–water partition coefficient (Wildman–Crippen LogP) is 1.55. The van der Waals surface area contributed by atoms with Gasteiger partial charge in [-0.15, -0.1) is 0 Å². The summed E-state index contributed by atoms with van der Waals surface area (Å²) in [5, 5.41) is 4.87. The van der Waals surface area contributed by atoms with Crippen LogP contribution in [0.2, 0.25) is 5.02 Å². The summed E-state index contributed by atoms with van der Waals surface area (Å²) in [7, 11) is 2.88. The van der Waals surface area contributed by atoms with Crippen molar-refractivity contribution in [3.8, 4) is 11.5 Å². The Morgan fingerprint density at radius 2 is 1.92 bits per heavy atom. The Labute approximate surface area is 157 Å². The molecule has 0 spiro atoms. The fourth-order valence-electron chi connectivity index (χ4n) is 1.83. The summed E-state index contributed by atoms with van der Waals surface area (Å²) in [6.45, 7) is 1.79. The number of unbranched alkanes of at least 4 members (excludes halogenated alkanes) is 1. The molecule has 144 valence electrons. The van der Waals surface area contributed by atoms with E-state index in [-0.39, 0.29) is 23.0 Å². The molecule has 1 rings (SSSR count). The number of nitrogens with one attached hydrogen (secondary N) is 2. The molecule has 0 saturated heterocycles. The number of methoxy groups -OCH3 is 1. The van der Waals surface area contributed by atoms with Gasteiger partial charge < -0.3 is 24.8 Å².